The van der Waals surface area contributed by atoms with Crippen LogP contribution in [0.5, 0.6) is 0 Å². The van der Waals surface area contributed by atoms with Crippen molar-refractivity contribution in [2.75, 3.05) is 0 Å². The fourth-order valence-corrected chi connectivity index (χ4v) is 0.208. The Balaban J connectivity index is 3.49. The lowest BCUT2D eigenvalue weighted by Gasteiger charge is -1.96. The zero-order valence-corrected chi connectivity index (χ0v) is 5.10. The average molecular weight is 111 g/mol. The summed E-state index contributed by atoms with van der Waals surface area (Å²) in [5.74, 6) is -0.368. The Morgan fingerprint density at radius 3 is 2.38 bits per heavy atom. The van der Waals surface area contributed by atoms with Gasteiger partial charge >= 0.3 is 13.5 Å². The summed E-state index contributed by atoms with van der Waals surface area (Å²) >= 11 is 0. The van der Waals surface area contributed by atoms with E-state index in [1.807, 2.05) is 0 Å². The number of rotatable bonds is 2. The molecule has 3 heteroatoms. The Morgan fingerprint density at radius 2 is 2.25 bits per heavy atom. The Morgan fingerprint density at radius 1 is 1.75 bits per heavy atom. The van der Waals surface area contributed by atoms with Gasteiger partial charge in [0.05, 0.1) is 0 Å². The van der Waals surface area contributed by atoms with Gasteiger partial charge in [-0.15, -0.1) is 0 Å². The van der Waals surface area contributed by atoms with Crippen molar-refractivity contribution in [3.05, 3.63) is 12.2 Å². The van der Waals surface area contributed by atoms with Crippen molar-refractivity contribution in [2.24, 2.45) is 0 Å². The van der Waals surface area contributed by atoms with Gasteiger partial charge in [-0.25, -0.2) is 4.79 Å². The van der Waals surface area contributed by atoms with E-state index in [0.29, 0.717) is 5.57 Å². The van der Waals surface area contributed by atoms with Crippen molar-refractivity contribution in [3.63, 3.8) is 0 Å². The molecule has 0 aliphatic rings. The zero-order valence-electron chi connectivity index (χ0n) is 5.10. The molecule has 0 aliphatic carbocycles. The third kappa shape index (κ3) is 2.45. The molecule has 43 valence electrons. The van der Waals surface area contributed by atoms with E-state index in [4.69, 9.17) is 0 Å². The van der Waals surface area contributed by atoms with Crippen LogP contribution in [0, 0.1) is 0 Å². The molecule has 0 unspecified atom stereocenters. The molecule has 0 saturated heterocycles. The molecule has 0 atom stereocenters. The molecule has 0 fully saturated rings. The van der Waals surface area contributed by atoms with Crippen molar-refractivity contribution in [3.8, 4) is 0 Å². The molecule has 0 aliphatic heterocycles. The van der Waals surface area contributed by atoms with E-state index < -0.39 is 0 Å². The molecule has 8 heavy (non-hydrogen) atoms. The molecule has 2 nitrogen and oxygen atoms in total. The van der Waals surface area contributed by atoms with Crippen LogP contribution in [0.15, 0.2) is 12.2 Å². The highest BCUT2D eigenvalue weighted by molar-refractivity contribution is 6.29. The maximum absolute atomic E-state index is 10.4. The Labute approximate surface area is 49.8 Å². The van der Waals surface area contributed by atoms with Crippen LogP contribution < -0.4 is 0 Å². The van der Waals surface area contributed by atoms with Gasteiger partial charge in [0.25, 0.3) is 0 Å². The van der Waals surface area contributed by atoms with Crippen molar-refractivity contribution < 1.29 is 9.45 Å². The highest BCUT2D eigenvalue weighted by atomic mass is 16.5. The van der Waals surface area contributed by atoms with Gasteiger partial charge in [0.1, 0.15) is 0 Å². The summed E-state index contributed by atoms with van der Waals surface area (Å²) in [5, 5.41) is 0. The Bertz CT molecular complexity index is 109. The van der Waals surface area contributed by atoms with Crippen LogP contribution in [-0.4, -0.2) is 13.5 Å². The fraction of sp³-hybridized carbons (Fsp3) is 0.400. The molecule has 0 rings (SSSR count). The highest BCUT2D eigenvalue weighted by Gasteiger charge is 1.98. The molecule has 1 radical (unpaired) electrons. The first-order valence-corrected chi connectivity index (χ1v) is 2.32. The molecular weight excluding hydrogens is 103 g/mol. The fourth-order valence-electron chi connectivity index (χ4n) is 0.208. The molecule has 0 spiro atoms. The van der Waals surface area contributed by atoms with Gasteiger partial charge in [-0.1, -0.05) is 13.4 Å². The molecule has 0 N–H and O–H groups in total. The van der Waals surface area contributed by atoms with Gasteiger partial charge in [-0.05, 0) is 6.92 Å². The molecule has 0 aromatic carbocycles. The minimum atomic E-state index is -0.368. The normalized spacial score (nSPS) is 7.75. The van der Waals surface area contributed by atoms with Crippen molar-refractivity contribution >= 4 is 13.5 Å². The molecule has 0 heterocycles. The van der Waals surface area contributed by atoms with E-state index in [0.717, 1.165) is 0 Å². The minimum absolute atomic E-state index is 0.368. The molecule has 0 aromatic heterocycles. The number of hydrogen-bond acceptors (Lipinski definition) is 2. The standard InChI is InChI=1S/C5H8BO2/c1-4(2)5(7)8-6-3/h1H2,2-3H3. The monoisotopic (exact) mass is 111 g/mol. The quantitative estimate of drug-likeness (QED) is 0.388. The maximum Gasteiger partial charge on any atom is 0.370 e. The van der Waals surface area contributed by atoms with E-state index in [-0.39, 0.29) is 5.97 Å². The summed E-state index contributed by atoms with van der Waals surface area (Å²) in [6, 6.07) is 0. The first kappa shape index (κ1) is 7.27. The molecule has 0 bridgehead atoms. The van der Waals surface area contributed by atoms with Crippen LogP contribution in [0.1, 0.15) is 6.92 Å². The number of hydrogen-bond donors (Lipinski definition) is 0. The largest absolute Gasteiger partial charge is 0.536 e. The zero-order chi connectivity index (χ0) is 6.57. The Hall–Kier alpha value is -0.725. The van der Waals surface area contributed by atoms with E-state index in [1.54, 1.807) is 13.7 Å². The minimum Gasteiger partial charge on any atom is -0.536 e. The van der Waals surface area contributed by atoms with Crippen molar-refractivity contribution in [1.29, 1.82) is 0 Å². The van der Waals surface area contributed by atoms with Gasteiger partial charge in [0, 0.05) is 5.57 Å². The van der Waals surface area contributed by atoms with E-state index in [2.05, 4.69) is 11.2 Å². The van der Waals surface area contributed by atoms with Gasteiger partial charge in [-0.3, -0.25) is 0 Å². The second-order valence-corrected chi connectivity index (χ2v) is 1.42. The van der Waals surface area contributed by atoms with E-state index in [9.17, 15) is 4.79 Å². The van der Waals surface area contributed by atoms with E-state index >= 15 is 0 Å². The molecule has 0 amide bonds. The second-order valence-electron chi connectivity index (χ2n) is 1.42. The lowest BCUT2D eigenvalue weighted by molar-refractivity contribution is -0.130. The van der Waals surface area contributed by atoms with Crippen LogP contribution >= 0.6 is 0 Å². The van der Waals surface area contributed by atoms with Crippen LogP contribution in [-0.2, 0) is 9.45 Å². The molecule has 0 aromatic rings. The van der Waals surface area contributed by atoms with Gasteiger partial charge < -0.3 is 4.65 Å². The first-order chi connectivity index (χ1) is 3.68. The maximum atomic E-state index is 10.4. The highest BCUT2D eigenvalue weighted by Crippen LogP contribution is 1.88. The second kappa shape index (κ2) is 3.30. The summed E-state index contributed by atoms with van der Waals surface area (Å²) in [6.45, 7) is 6.62. The summed E-state index contributed by atoms with van der Waals surface area (Å²) < 4.78 is 4.44. The molecular formula is C5H8BO2. The lowest BCUT2D eigenvalue weighted by atomic mass is 10.1. The van der Waals surface area contributed by atoms with Gasteiger partial charge in [0.2, 0.25) is 0 Å². The number of carbonyl (C=O) groups is 1. The van der Waals surface area contributed by atoms with Crippen molar-refractivity contribution in [1.82, 2.24) is 0 Å². The summed E-state index contributed by atoms with van der Waals surface area (Å²) in [7, 11) is 1.33. The topological polar surface area (TPSA) is 26.3 Å². The van der Waals surface area contributed by atoms with Crippen LogP contribution in [0.3, 0.4) is 0 Å². The third-order valence-electron chi connectivity index (χ3n) is 0.573. The summed E-state index contributed by atoms with van der Waals surface area (Å²) in [5.41, 5.74) is 0.420. The smallest absolute Gasteiger partial charge is 0.370 e. The third-order valence-corrected chi connectivity index (χ3v) is 0.573. The van der Waals surface area contributed by atoms with Gasteiger partial charge in [-0.2, -0.15) is 0 Å². The average Bonchev–Trinajstić information content (AvgIpc) is 1.67. The van der Waals surface area contributed by atoms with Crippen LogP contribution in [0.2, 0.25) is 6.82 Å². The van der Waals surface area contributed by atoms with E-state index in [1.165, 1.54) is 7.48 Å². The van der Waals surface area contributed by atoms with Crippen LogP contribution in [0.4, 0.5) is 0 Å². The first-order valence-electron chi connectivity index (χ1n) is 2.32. The number of carbonyl (C=O) groups excluding carboxylic acids is 1. The predicted molar refractivity (Wildman–Crippen MR) is 32.5 cm³/mol. The van der Waals surface area contributed by atoms with Crippen LogP contribution in [0.25, 0.3) is 0 Å². The SMILES string of the molecule is C=C(C)C(=O)O[B]C. The Kier molecular flexibility index (Phi) is 3.00. The summed E-state index contributed by atoms with van der Waals surface area (Å²) in [6.07, 6.45) is 0. The summed E-state index contributed by atoms with van der Waals surface area (Å²) in [4.78, 5) is 10.4. The lowest BCUT2D eigenvalue weighted by Crippen LogP contribution is -2.05. The molecule has 0 saturated carbocycles. The van der Waals surface area contributed by atoms with Gasteiger partial charge in [0.15, 0.2) is 0 Å². The predicted octanol–water partition coefficient (Wildman–Crippen LogP) is 0.773. The van der Waals surface area contributed by atoms with Crippen molar-refractivity contribution in [2.45, 2.75) is 13.7 Å².